The molecule has 1 aromatic heterocycles. The predicted octanol–water partition coefficient (Wildman–Crippen LogP) is 1.79. The van der Waals surface area contributed by atoms with Crippen molar-refractivity contribution in [3.05, 3.63) is 35.8 Å². The molecular formula is C12H17FN2O2S. The Kier molecular flexibility index (Phi) is 4.98. The number of nitrogens with two attached hydrogens (primary N) is 1. The predicted molar refractivity (Wildman–Crippen MR) is 68.6 cm³/mol. The molecule has 0 atom stereocenters. The van der Waals surface area contributed by atoms with Crippen LogP contribution >= 0.6 is 0 Å². The highest BCUT2D eigenvalue weighted by molar-refractivity contribution is 7.91. The average molecular weight is 272 g/mol. The summed E-state index contributed by atoms with van der Waals surface area (Å²) >= 11 is 0. The van der Waals surface area contributed by atoms with E-state index < -0.39 is 21.4 Å². The molecule has 6 heteroatoms. The van der Waals surface area contributed by atoms with E-state index >= 15 is 0 Å². The minimum Gasteiger partial charge on any atom is -0.327 e. The molecule has 0 spiro atoms. The van der Waals surface area contributed by atoms with E-state index in [0.717, 1.165) is 11.6 Å². The van der Waals surface area contributed by atoms with Crippen LogP contribution in [0.2, 0.25) is 0 Å². The summed E-state index contributed by atoms with van der Waals surface area (Å²) in [5, 5.41) is -0.118. The SMILES string of the molecule is CC(C)c1ccc(S(=O)(=O)C/C(F)=C/CN)nc1. The van der Waals surface area contributed by atoms with Gasteiger partial charge in [0.2, 0.25) is 9.84 Å². The van der Waals surface area contributed by atoms with Gasteiger partial charge in [-0.2, -0.15) is 0 Å². The molecule has 100 valence electrons. The smallest absolute Gasteiger partial charge is 0.202 e. The highest BCUT2D eigenvalue weighted by Crippen LogP contribution is 2.17. The van der Waals surface area contributed by atoms with Crippen LogP contribution in [-0.2, 0) is 9.84 Å². The summed E-state index contributed by atoms with van der Waals surface area (Å²) in [5.41, 5.74) is 6.05. The van der Waals surface area contributed by atoms with E-state index in [9.17, 15) is 12.8 Å². The van der Waals surface area contributed by atoms with E-state index in [0.29, 0.717) is 0 Å². The van der Waals surface area contributed by atoms with E-state index in [4.69, 9.17) is 5.73 Å². The van der Waals surface area contributed by atoms with Crippen LogP contribution in [0.3, 0.4) is 0 Å². The minimum atomic E-state index is -3.73. The molecule has 0 amide bonds. The van der Waals surface area contributed by atoms with Crippen molar-refractivity contribution in [2.75, 3.05) is 12.3 Å². The molecule has 1 rings (SSSR count). The van der Waals surface area contributed by atoms with Gasteiger partial charge in [-0.05, 0) is 23.6 Å². The molecule has 2 N–H and O–H groups in total. The van der Waals surface area contributed by atoms with Crippen molar-refractivity contribution in [1.82, 2.24) is 4.98 Å². The van der Waals surface area contributed by atoms with Gasteiger partial charge in [-0.1, -0.05) is 19.9 Å². The summed E-state index contributed by atoms with van der Waals surface area (Å²) < 4.78 is 36.8. The summed E-state index contributed by atoms with van der Waals surface area (Å²) in [7, 11) is -3.73. The molecule has 0 saturated heterocycles. The van der Waals surface area contributed by atoms with Gasteiger partial charge < -0.3 is 5.73 Å². The largest absolute Gasteiger partial charge is 0.327 e. The van der Waals surface area contributed by atoms with Gasteiger partial charge in [-0.15, -0.1) is 0 Å². The molecule has 0 aliphatic heterocycles. The normalized spacial score (nSPS) is 13.1. The number of nitrogens with zero attached hydrogens (tertiary/aromatic N) is 1. The highest BCUT2D eigenvalue weighted by Gasteiger charge is 2.18. The van der Waals surface area contributed by atoms with Crippen molar-refractivity contribution in [2.45, 2.75) is 24.8 Å². The zero-order valence-electron chi connectivity index (χ0n) is 10.4. The lowest BCUT2D eigenvalue weighted by molar-refractivity contribution is 0.579. The Hall–Kier alpha value is -1.27. The van der Waals surface area contributed by atoms with Gasteiger partial charge in [0.15, 0.2) is 5.03 Å². The maximum atomic E-state index is 13.2. The number of hydrogen-bond donors (Lipinski definition) is 1. The van der Waals surface area contributed by atoms with Crippen molar-refractivity contribution in [2.24, 2.45) is 5.73 Å². The molecule has 0 aromatic carbocycles. The highest BCUT2D eigenvalue weighted by atomic mass is 32.2. The number of halogens is 1. The number of hydrogen-bond acceptors (Lipinski definition) is 4. The van der Waals surface area contributed by atoms with E-state index in [1.54, 1.807) is 6.07 Å². The van der Waals surface area contributed by atoms with Gasteiger partial charge in [-0.25, -0.2) is 17.8 Å². The van der Waals surface area contributed by atoms with Gasteiger partial charge in [0, 0.05) is 12.7 Å². The van der Waals surface area contributed by atoms with Gasteiger partial charge in [0.25, 0.3) is 0 Å². The summed E-state index contributed by atoms with van der Waals surface area (Å²) in [6.07, 6.45) is 2.54. The Balaban J connectivity index is 2.95. The van der Waals surface area contributed by atoms with Crippen molar-refractivity contribution < 1.29 is 12.8 Å². The third-order valence-electron chi connectivity index (χ3n) is 2.41. The second kappa shape index (κ2) is 6.06. The van der Waals surface area contributed by atoms with E-state index in [2.05, 4.69) is 4.98 Å². The zero-order chi connectivity index (χ0) is 13.8. The van der Waals surface area contributed by atoms with Crippen LogP contribution in [0.25, 0.3) is 0 Å². The van der Waals surface area contributed by atoms with Crippen molar-refractivity contribution in [1.29, 1.82) is 0 Å². The first kappa shape index (κ1) is 14.8. The van der Waals surface area contributed by atoms with Crippen molar-refractivity contribution in [3.63, 3.8) is 0 Å². The lowest BCUT2D eigenvalue weighted by atomic mass is 10.1. The van der Waals surface area contributed by atoms with Crippen LogP contribution in [0.5, 0.6) is 0 Å². The fourth-order valence-electron chi connectivity index (χ4n) is 1.36. The number of aromatic nitrogens is 1. The van der Waals surface area contributed by atoms with Gasteiger partial charge >= 0.3 is 0 Å². The number of sulfone groups is 1. The lowest BCUT2D eigenvalue weighted by Crippen LogP contribution is -2.10. The molecule has 0 aliphatic rings. The molecule has 0 radical (unpaired) electrons. The fraction of sp³-hybridized carbons (Fsp3) is 0.417. The third-order valence-corrected chi connectivity index (χ3v) is 3.95. The Labute approximate surface area is 107 Å². The Morgan fingerprint density at radius 2 is 2.17 bits per heavy atom. The molecule has 0 bridgehead atoms. The molecule has 0 saturated carbocycles. The number of pyridine rings is 1. The van der Waals surface area contributed by atoms with Crippen molar-refractivity contribution >= 4 is 9.84 Å². The monoisotopic (exact) mass is 272 g/mol. The molecule has 0 fully saturated rings. The maximum Gasteiger partial charge on any atom is 0.202 e. The zero-order valence-corrected chi connectivity index (χ0v) is 11.2. The van der Waals surface area contributed by atoms with E-state index in [-0.39, 0.29) is 17.5 Å². The summed E-state index contributed by atoms with van der Waals surface area (Å²) in [4.78, 5) is 3.87. The first-order valence-electron chi connectivity index (χ1n) is 5.60. The van der Waals surface area contributed by atoms with Crippen LogP contribution in [-0.4, -0.2) is 25.7 Å². The van der Waals surface area contributed by atoms with Gasteiger partial charge in [0.05, 0.1) is 0 Å². The molecule has 4 nitrogen and oxygen atoms in total. The fourth-order valence-corrected chi connectivity index (χ4v) is 2.48. The standard InChI is InChI=1S/C12H17FN2O2S/c1-9(2)10-3-4-12(15-7-10)18(16,17)8-11(13)5-6-14/h3-5,7,9H,6,8,14H2,1-2H3/b11-5-. The van der Waals surface area contributed by atoms with Crippen LogP contribution in [0, 0.1) is 0 Å². The topological polar surface area (TPSA) is 73.0 Å². The van der Waals surface area contributed by atoms with Crippen LogP contribution in [0.15, 0.2) is 35.3 Å². The van der Waals surface area contributed by atoms with E-state index in [1.807, 2.05) is 13.8 Å². The van der Waals surface area contributed by atoms with Gasteiger partial charge in [0.1, 0.15) is 11.6 Å². The number of rotatable bonds is 5. The quantitative estimate of drug-likeness (QED) is 0.887. The summed E-state index contributed by atoms with van der Waals surface area (Å²) in [6.45, 7) is 3.94. The van der Waals surface area contributed by atoms with Crippen LogP contribution in [0.4, 0.5) is 4.39 Å². The van der Waals surface area contributed by atoms with Gasteiger partial charge in [-0.3, -0.25) is 0 Å². The second-order valence-corrected chi connectivity index (χ2v) is 6.17. The van der Waals surface area contributed by atoms with E-state index in [1.165, 1.54) is 12.3 Å². The second-order valence-electron chi connectivity index (χ2n) is 4.23. The van der Waals surface area contributed by atoms with Crippen LogP contribution in [0.1, 0.15) is 25.3 Å². The Bertz CT molecular complexity index is 522. The van der Waals surface area contributed by atoms with Crippen LogP contribution < -0.4 is 5.73 Å². The molecule has 18 heavy (non-hydrogen) atoms. The molecular weight excluding hydrogens is 255 g/mol. The third kappa shape index (κ3) is 3.89. The lowest BCUT2D eigenvalue weighted by Gasteiger charge is -2.06. The summed E-state index contributed by atoms with van der Waals surface area (Å²) in [5.74, 6) is -1.19. The van der Waals surface area contributed by atoms with Crippen molar-refractivity contribution in [3.8, 4) is 0 Å². The summed E-state index contributed by atoms with van der Waals surface area (Å²) in [6, 6.07) is 3.09. The first-order valence-corrected chi connectivity index (χ1v) is 7.25. The molecule has 1 heterocycles. The maximum absolute atomic E-state index is 13.2. The minimum absolute atomic E-state index is 0.0267. The molecule has 0 aliphatic carbocycles. The molecule has 0 unspecified atom stereocenters. The first-order chi connectivity index (χ1) is 8.36. The Morgan fingerprint density at radius 3 is 2.61 bits per heavy atom. The molecule has 1 aromatic rings. The Morgan fingerprint density at radius 1 is 1.50 bits per heavy atom. The average Bonchev–Trinajstić information content (AvgIpc) is 2.28.